The number of imidazole rings is 1. The Morgan fingerprint density at radius 2 is 1.31 bits per heavy atom. The van der Waals surface area contributed by atoms with Crippen LogP contribution in [0.25, 0.3) is 94.4 Å². The van der Waals surface area contributed by atoms with Crippen LogP contribution in [0.5, 0.6) is 0 Å². The predicted octanol–water partition coefficient (Wildman–Crippen LogP) is 14.2. The molecule has 0 saturated carbocycles. The Bertz CT molecular complexity index is 3360. The van der Waals surface area contributed by atoms with Gasteiger partial charge in [0.1, 0.15) is 5.58 Å². The van der Waals surface area contributed by atoms with Gasteiger partial charge in [0.2, 0.25) is 0 Å². The molecule has 62 heavy (non-hydrogen) atoms. The fourth-order valence-electron chi connectivity index (χ4n) is 8.49. The van der Waals surface area contributed by atoms with Gasteiger partial charge >= 0.3 is 164 Å². The number of pyridine rings is 1. The van der Waals surface area contributed by atoms with E-state index in [1.807, 2.05) is 66.7 Å². The Morgan fingerprint density at radius 1 is 0.645 bits per heavy atom. The minimum Gasteiger partial charge on any atom is -0.501 e. The molecule has 0 amide bonds. The normalized spacial score (nSPS) is 11.7. The van der Waals surface area contributed by atoms with Gasteiger partial charge in [-0.25, -0.2) is 0 Å². The van der Waals surface area contributed by atoms with Gasteiger partial charge < -0.3 is 8.98 Å². The molecule has 307 valence electrons. The maximum Gasteiger partial charge on any atom is 0.120 e. The zero-order valence-electron chi connectivity index (χ0n) is 35.4. The number of benzene rings is 7. The molecule has 11 aromatic rings. The number of furan rings is 2. The van der Waals surface area contributed by atoms with Crippen molar-refractivity contribution in [2.45, 2.75) is 37.5 Å². The van der Waals surface area contributed by atoms with Crippen molar-refractivity contribution in [1.82, 2.24) is 14.5 Å². The van der Waals surface area contributed by atoms with E-state index in [0.717, 1.165) is 89.7 Å². The molecule has 0 atom stereocenters. The first-order valence-corrected chi connectivity index (χ1v) is 28.3. The van der Waals surface area contributed by atoms with E-state index in [2.05, 4.69) is 145 Å². The fourth-order valence-corrected chi connectivity index (χ4v) is 11.8. The summed E-state index contributed by atoms with van der Waals surface area (Å²) in [6.45, 7) is 4.57. The van der Waals surface area contributed by atoms with Crippen molar-refractivity contribution in [1.29, 1.82) is 0 Å². The fraction of sp³-hybridized carbons (Fsp3) is 0.127. The first kappa shape index (κ1) is 41.3. The number of hydrogen-bond donors (Lipinski definition) is 0. The van der Waals surface area contributed by atoms with Gasteiger partial charge in [0.15, 0.2) is 0 Å². The van der Waals surface area contributed by atoms with E-state index < -0.39 is 13.3 Å². The molecule has 0 saturated heterocycles. The van der Waals surface area contributed by atoms with Crippen LogP contribution < -0.4 is 4.40 Å². The third-order valence-corrected chi connectivity index (χ3v) is 15.7. The summed E-state index contributed by atoms with van der Waals surface area (Å²) in [5.74, 6) is 8.77. The van der Waals surface area contributed by atoms with Gasteiger partial charge in [-0.15, -0.1) is 18.2 Å². The Morgan fingerprint density at radius 3 is 2.05 bits per heavy atom. The summed E-state index contributed by atoms with van der Waals surface area (Å²) in [5.41, 5.74) is 13.3. The summed E-state index contributed by atoms with van der Waals surface area (Å²) >= 11 is -1.95. The summed E-state index contributed by atoms with van der Waals surface area (Å²) in [6, 6.07) is 60.8. The van der Waals surface area contributed by atoms with Crippen molar-refractivity contribution in [2.24, 2.45) is 5.92 Å². The SMILES string of the molecule is CC(C)Cc1cc(-c2[c-]cc3oc4ccccc4c3c2)nc[c]1[Ge]([CH3])([CH3])[CH3].[Ir].[c-]1ccc2c(oc3ccccc32)c1-c1nc2ccccc2n1-c1ccc(-c2ccccc2)cc1. The standard InChI is InChI=1S/C31H19N2O.C24H26GeNO.Ir/c1-2-9-21(10-3-1)22-17-19-23(20-18-22)33-28-15-6-5-14-27(28)32-31(33)26-13-8-12-25-24-11-4-7-16-29(24)34-30(25)26;1-16(2)12-18-14-22(26-15-21(18)25(3,4)5)17-10-11-24-20(13-17)19-8-6-7-9-23(19)27-24;/h1-12,14-20H;6-9,11,13-16H,12H2,1-5H3;/q2*-1;. The molecule has 0 unspecified atom stereocenters. The van der Waals surface area contributed by atoms with Crippen molar-refractivity contribution >= 4 is 72.6 Å². The van der Waals surface area contributed by atoms with E-state index in [1.165, 1.54) is 21.1 Å². The van der Waals surface area contributed by atoms with Crippen LogP contribution in [0.4, 0.5) is 0 Å². The van der Waals surface area contributed by atoms with Crippen LogP contribution in [-0.4, -0.2) is 27.8 Å². The molecule has 0 bridgehead atoms. The zero-order valence-corrected chi connectivity index (χ0v) is 39.9. The maximum absolute atomic E-state index is 6.32. The first-order chi connectivity index (χ1) is 29.7. The Labute approximate surface area is 378 Å². The number of fused-ring (bicyclic) bond motifs is 7. The largest absolute Gasteiger partial charge is 0.501 e. The summed E-state index contributed by atoms with van der Waals surface area (Å²) in [7, 11) is 0. The molecule has 0 N–H and O–H groups in total. The molecule has 4 aromatic heterocycles. The second kappa shape index (κ2) is 17.0. The second-order valence-corrected chi connectivity index (χ2v) is 27.7. The van der Waals surface area contributed by atoms with E-state index in [-0.39, 0.29) is 20.1 Å². The monoisotopic (exact) mass is 1050 g/mol. The Kier molecular flexibility index (Phi) is 11.3. The number of hydrogen-bond acceptors (Lipinski definition) is 4. The van der Waals surface area contributed by atoms with Crippen LogP contribution in [-0.2, 0) is 26.5 Å². The van der Waals surface area contributed by atoms with Crippen LogP contribution in [0.2, 0.25) is 17.3 Å². The van der Waals surface area contributed by atoms with E-state index >= 15 is 0 Å². The van der Waals surface area contributed by atoms with Crippen LogP contribution in [0.15, 0.2) is 173 Å². The van der Waals surface area contributed by atoms with Crippen LogP contribution in [0.3, 0.4) is 0 Å². The molecule has 7 heteroatoms. The molecule has 1 radical (unpaired) electrons. The third kappa shape index (κ3) is 7.84. The van der Waals surface area contributed by atoms with Crippen LogP contribution in [0, 0.1) is 18.1 Å². The van der Waals surface area contributed by atoms with Crippen molar-refractivity contribution in [3.05, 3.63) is 182 Å². The molecule has 11 rings (SSSR count). The Balaban J connectivity index is 0.000000160. The maximum atomic E-state index is 6.32. The van der Waals surface area contributed by atoms with E-state index in [1.54, 1.807) is 0 Å². The minimum absolute atomic E-state index is 0. The smallest absolute Gasteiger partial charge is 0.120 e. The minimum atomic E-state index is -1.95. The second-order valence-electron chi connectivity index (χ2n) is 17.2. The van der Waals surface area contributed by atoms with Crippen molar-refractivity contribution in [3.63, 3.8) is 0 Å². The molecule has 0 fully saturated rings. The van der Waals surface area contributed by atoms with Gasteiger partial charge in [0.25, 0.3) is 0 Å². The van der Waals surface area contributed by atoms with Gasteiger partial charge in [-0.3, -0.25) is 4.98 Å². The molecule has 0 aliphatic rings. The average molecular weight is 1040 g/mol. The Hall–Kier alpha value is -6.05. The molecular weight excluding hydrogens is 999 g/mol. The quantitative estimate of drug-likeness (QED) is 0.118. The molecule has 0 aliphatic heterocycles. The van der Waals surface area contributed by atoms with Gasteiger partial charge in [-0.05, 0) is 41.5 Å². The predicted molar refractivity (Wildman–Crippen MR) is 255 cm³/mol. The van der Waals surface area contributed by atoms with Crippen LogP contribution >= 0.6 is 0 Å². The molecule has 0 aliphatic carbocycles. The number of nitrogens with zero attached hydrogens (tertiary/aromatic N) is 3. The van der Waals surface area contributed by atoms with Crippen LogP contribution in [0.1, 0.15) is 19.4 Å². The molecule has 0 spiro atoms. The molecule has 5 nitrogen and oxygen atoms in total. The zero-order chi connectivity index (χ0) is 41.7. The van der Waals surface area contributed by atoms with E-state index in [9.17, 15) is 0 Å². The number of para-hydroxylation sites is 4. The topological polar surface area (TPSA) is 57.0 Å². The molecule has 7 aromatic carbocycles. The van der Waals surface area contributed by atoms with E-state index in [4.69, 9.17) is 18.8 Å². The van der Waals surface area contributed by atoms with Gasteiger partial charge in [-0.2, -0.15) is 0 Å². The summed E-state index contributed by atoms with van der Waals surface area (Å²) < 4.78 is 16.0. The summed E-state index contributed by atoms with van der Waals surface area (Å²) in [5, 5.41) is 4.44. The van der Waals surface area contributed by atoms with Gasteiger partial charge in [-0.1, -0.05) is 83.7 Å². The first-order valence-electron chi connectivity index (χ1n) is 21.0. The molecule has 4 heterocycles. The average Bonchev–Trinajstić information content (AvgIpc) is 3.98. The summed E-state index contributed by atoms with van der Waals surface area (Å²) in [6.07, 6.45) is 3.24. The molecular formula is C55H45GeIrN3O2-2. The van der Waals surface area contributed by atoms with Crippen molar-refractivity contribution in [2.75, 3.05) is 0 Å². The van der Waals surface area contributed by atoms with Crippen molar-refractivity contribution < 1.29 is 28.9 Å². The van der Waals surface area contributed by atoms with Gasteiger partial charge in [0, 0.05) is 31.2 Å². The number of aromatic nitrogens is 3. The van der Waals surface area contributed by atoms with E-state index in [0.29, 0.717) is 5.92 Å². The number of rotatable bonds is 7. The van der Waals surface area contributed by atoms with Gasteiger partial charge in [0.05, 0.1) is 22.4 Å². The third-order valence-electron chi connectivity index (χ3n) is 11.4. The summed E-state index contributed by atoms with van der Waals surface area (Å²) in [4.78, 5) is 9.87. The van der Waals surface area contributed by atoms with Crippen molar-refractivity contribution in [3.8, 4) is 39.5 Å².